The standard InChI is InChI=1S/C29H41F3N6O3.C27H38F3N7O2.C27H37F3N6O3/c1-3-19-40-28(39)38-17-9-7-5-4-6-8-15-34-26-35-25(36-27(37-26)41-21-29(30,31)32)20-23-11-13-24(14-12-23)22(2)33-16-10-18-38;1-20-22-12-10-21(11-13-22)18-23-34-24(36-25(35-23)39-19-27(28,29)30)33-14-7-5-3-4-6-8-16-37(26(38)31-2)17-9-15-32-20;1-20-22-12-10-21(11-13-22)18-23-33-24(35-25(34-23)39-19-27(28,29)30)32-14-7-5-3-4-6-8-16-36(26(37)38-2)17-9-15-31-20/h11-14,33H,2-10,15-21H2,1H3,(H,34,35,36,37);10-13,32H,1,3-9,14-19H2,2H3,(H,31,38)(H,33,34,35,36);10-13,31H,1,3-9,14-19H2,2H3,(H,32,33,34,35). The van der Waals surface area contributed by atoms with Gasteiger partial charge in [-0.05, 0) is 97.6 Å². The zero-order valence-electron chi connectivity index (χ0n) is 68.6. The van der Waals surface area contributed by atoms with Crippen molar-refractivity contribution >= 4 is 53.2 Å². The number of carbonyl (C=O) groups excluding carboxylic acids is 3. The minimum Gasteiger partial charge on any atom is -0.454 e. The van der Waals surface area contributed by atoms with Gasteiger partial charge in [0, 0.05) is 122 Å². The summed E-state index contributed by atoms with van der Waals surface area (Å²) in [5.74, 6) is 1.50. The van der Waals surface area contributed by atoms with Gasteiger partial charge >= 0.3 is 54.8 Å². The van der Waals surface area contributed by atoms with Crippen LogP contribution in [0, 0.1) is 0 Å². The molecule has 0 aliphatic carbocycles. The lowest BCUT2D eigenvalue weighted by molar-refractivity contribution is -0.155. The third-order valence-corrected chi connectivity index (χ3v) is 18.9. The molecule has 0 radical (unpaired) electrons. The molecule has 6 aromatic rings. The van der Waals surface area contributed by atoms with Gasteiger partial charge in [-0.15, -0.1) is 0 Å². The molecule has 0 fully saturated rings. The minimum atomic E-state index is -4.50. The van der Waals surface area contributed by atoms with Crippen LogP contribution < -0.4 is 51.4 Å². The van der Waals surface area contributed by atoms with Gasteiger partial charge in [0.05, 0.1) is 13.7 Å². The molecule has 0 spiro atoms. The zero-order valence-corrected chi connectivity index (χ0v) is 68.6. The quantitative estimate of drug-likeness (QED) is 0.0696. The van der Waals surface area contributed by atoms with Crippen molar-refractivity contribution in [3.05, 3.63) is 143 Å². The Bertz CT molecular complexity index is 3870. The fraction of sp³-hybridized carbons (Fsp3) is 0.566. The summed E-state index contributed by atoms with van der Waals surface area (Å²) in [5, 5.41) is 21.9. The molecule has 12 rings (SSSR count). The number of amides is 4. The second-order valence-corrected chi connectivity index (χ2v) is 28.9. The van der Waals surface area contributed by atoms with Crippen molar-refractivity contribution in [3.8, 4) is 18.0 Å². The number of alkyl halides is 9. The molecule has 0 saturated carbocycles. The Balaban J connectivity index is 0.000000246. The van der Waals surface area contributed by atoms with Crippen molar-refractivity contribution in [1.29, 1.82) is 0 Å². The zero-order chi connectivity index (χ0) is 85.7. The Morgan fingerprint density at radius 1 is 0.378 bits per heavy atom. The SMILES string of the molecule is C=C1NCCCN(C(=O)NC)CCCCCCCCNc2nc(nc(OCC(F)(F)F)n2)Cc2ccc1cc2.C=C1NCCCN(C(=O)OC)CCCCCCCCNc2nc(nc(OCC(F)(F)F)n2)Cc2ccc1cc2.C=C1NCCCN(C(=O)OCCC)CCCCCCCCNc2nc(nc(OCC(F)(F)F)n2)Cc2ccc1cc2. The first-order valence-corrected chi connectivity index (χ1v) is 41.0. The predicted octanol–water partition coefficient (Wildman–Crippen LogP) is 15.9. The number of methoxy groups -OCH3 is 1. The third-order valence-electron chi connectivity index (χ3n) is 18.9. The summed E-state index contributed by atoms with van der Waals surface area (Å²) < 4.78 is 139. The molecule has 6 aliphatic heterocycles. The topological polar surface area (TPSA) is 307 Å². The summed E-state index contributed by atoms with van der Waals surface area (Å²) in [6.07, 6.45) is 7.47. The first-order valence-electron chi connectivity index (χ1n) is 41.0. The highest BCUT2D eigenvalue weighted by molar-refractivity contribution is 5.73. The Hall–Kier alpha value is -10.7. The van der Waals surface area contributed by atoms with Gasteiger partial charge in [0.25, 0.3) is 0 Å². The molecule has 12 bridgehead atoms. The third kappa shape index (κ3) is 39.2. The molecule has 7 N–H and O–H groups in total. The Labute approximate surface area is 691 Å². The predicted molar refractivity (Wildman–Crippen MR) is 439 cm³/mol. The van der Waals surface area contributed by atoms with E-state index in [1.807, 2.05) is 84.6 Å². The number of rotatable bonds is 8. The Morgan fingerprint density at radius 2 is 0.655 bits per heavy atom. The molecule has 9 heterocycles. The number of nitrogens with zero attached hydrogens (tertiary/aromatic N) is 12. The number of halogens is 9. The summed E-state index contributed by atoms with van der Waals surface area (Å²) in [6.45, 7) is 17.9. The Morgan fingerprint density at radius 3 is 0.958 bits per heavy atom. The van der Waals surface area contributed by atoms with Crippen LogP contribution in [0.2, 0.25) is 0 Å². The van der Waals surface area contributed by atoms with Crippen LogP contribution in [0.15, 0.2) is 92.5 Å². The molecule has 27 nitrogen and oxygen atoms in total. The van der Waals surface area contributed by atoms with E-state index in [-0.39, 0.29) is 54.1 Å². The average molecular weight is 1680 g/mol. The Kier molecular flexibility index (Phi) is 41.4. The van der Waals surface area contributed by atoms with E-state index in [2.05, 4.69) is 102 Å². The van der Waals surface area contributed by atoms with Crippen molar-refractivity contribution < 1.29 is 77.6 Å². The fourth-order valence-corrected chi connectivity index (χ4v) is 12.6. The van der Waals surface area contributed by atoms with Crippen LogP contribution in [0.5, 0.6) is 18.0 Å². The number of nitrogens with one attached hydrogen (secondary N) is 7. The number of anilines is 3. The van der Waals surface area contributed by atoms with E-state index in [0.717, 1.165) is 192 Å². The lowest BCUT2D eigenvalue weighted by Gasteiger charge is -2.22. The van der Waals surface area contributed by atoms with Crippen LogP contribution in [0.25, 0.3) is 17.1 Å². The van der Waals surface area contributed by atoms with Crippen LogP contribution >= 0.6 is 0 Å². The number of carbonyl (C=O) groups is 3. The van der Waals surface area contributed by atoms with Gasteiger partial charge in [0.15, 0.2) is 19.8 Å². The van der Waals surface area contributed by atoms with Gasteiger partial charge in [0.2, 0.25) is 17.8 Å². The van der Waals surface area contributed by atoms with Crippen LogP contribution in [-0.2, 0) is 28.7 Å². The van der Waals surface area contributed by atoms with Crippen LogP contribution in [0.1, 0.15) is 199 Å². The second-order valence-electron chi connectivity index (χ2n) is 28.9. The number of ether oxygens (including phenoxy) is 5. The van der Waals surface area contributed by atoms with Crippen molar-refractivity contribution in [3.63, 3.8) is 0 Å². The van der Waals surface area contributed by atoms with E-state index in [4.69, 9.17) is 23.7 Å². The number of urea groups is 1. The molecular weight excluding hydrogens is 1560 g/mol. The molecule has 4 amide bonds. The maximum Gasteiger partial charge on any atom is 0.422 e. The van der Waals surface area contributed by atoms with Crippen LogP contribution in [-0.4, -0.2) is 215 Å². The van der Waals surface area contributed by atoms with Crippen LogP contribution in [0.4, 0.5) is 71.7 Å². The monoisotopic (exact) mass is 1680 g/mol. The van der Waals surface area contributed by atoms with E-state index in [1.165, 1.54) is 7.11 Å². The normalized spacial score (nSPS) is 16.5. The second kappa shape index (κ2) is 51.6. The molecule has 0 atom stereocenters. The highest BCUT2D eigenvalue weighted by Gasteiger charge is 2.32. The summed E-state index contributed by atoms with van der Waals surface area (Å²) >= 11 is 0. The van der Waals surface area contributed by atoms with Crippen LogP contribution in [0.3, 0.4) is 0 Å². The molecule has 654 valence electrons. The number of benzene rings is 3. The molecule has 3 aromatic heterocycles. The minimum absolute atomic E-state index is 0.0617. The fourth-order valence-electron chi connectivity index (χ4n) is 12.6. The summed E-state index contributed by atoms with van der Waals surface area (Å²) in [5.41, 5.74) is 7.60. The molecule has 3 aromatic carbocycles. The van der Waals surface area contributed by atoms with Gasteiger partial charge in [-0.25, -0.2) is 14.4 Å². The molecular formula is C83H116F9N19O8. The van der Waals surface area contributed by atoms with E-state index < -0.39 is 38.3 Å². The van der Waals surface area contributed by atoms with E-state index in [0.29, 0.717) is 122 Å². The lowest BCUT2D eigenvalue weighted by Crippen LogP contribution is -2.40. The number of hydrogen-bond acceptors (Lipinski definition) is 23. The molecule has 6 aliphatic rings. The van der Waals surface area contributed by atoms with E-state index >= 15 is 0 Å². The number of aromatic nitrogens is 9. The molecule has 0 unspecified atom stereocenters. The molecule has 119 heavy (non-hydrogen) atoms. The smallest absolute Gasteiger partial charge is 0.422 e. The number of fused-ring (bicyclic) bond motifs is 48. The van der Waals surface area contributed by atoms with Crippen molar-refractivity contribution in [1.82, 2.24) is 80.8 Å². The van der Waals surface area contributed by atoms with Crippen molar-refractivity contribution in [2.75, 3.05) is 135 Å². The lowest BCUT2D eigenvalue weighted by atomic mass is 10.1. The number of hydrogen-bond donors (Lipinski definition) is 7. The molecule has 0 saturated heterocycles. The van der Waals surface area contributed by atoms with Crippen molar-refractivity contribution in [2.24, 2.45) is 0 Å². The van der Waals surface area contributed by atoms with Crippen molar-refractivity contribution in [2.45, 2.75) is 186 Å². The van der Waals surface area contributed by atoms with Gasteiger partial charge in [0.1, 0.15) is 17.5 Å². The van der Waals surface area contributed by atoms with E-state index in [1.54, 1.807) is 16.8 Å². The first kappa shape index (κ1) is 95.4. The average Bonchev–Trinajstić information content (AvgIpc) is 0.901. The molecule has 36 heteroatoms. The van der Waals surface area contributed by atoms with Gasteiger partial charge < -0.3 is 75.6 Å². The largest absolute Gasteiger partial charge is 0.454 e. The summed E-state index contributed by atoms with van der Waals surface area (Å²) in [7, 11) is 3.05. The maximum absolute atomic E-state index is 12.7. The highest BCUT2D eigenvalue weighted by atomic mass is 19.4. The first-order chi connectivity index (χ1) is 57.2. The maximum atomic E-state index is 12.7. The van der Waals surface area contributed by atoms with Gasteiger partial charge in [-0.2, -0.15) is 84.4 Å². The summed E-state index contributed by atoms with van der Waals surface area (Å²) in [4.78, 5) is 79.9. The highest BCUT2D eigenvalue weighted by Crippen LogP contribution is 2.25. The summed E-state index contributed by atoms with van der Waals surface area (Å²) in [6, 6.07) is 21.7. The van der Waals surface area contributed by atoms with Gasteiger partial charge in [-0.1, -0.05) is 177 Å². The van der Waals surface area contributed by atoms with E-state index in [9.17, 15) is 53.9 Å². The van der Waals surface area contributed by atoms with Gasteiger partial charge in [-0.3, -0.25) is 0 Å².